The quantitative estimate of drug-likeness (QED) is 0.183. The SMILES string of the molecule is CC(C)Nc1cc(-n2ccc3cc(C#N)cnc32)ncc1C(=O)NC1CCC(CN2CCN(c3cccc4c(N5CCC(=O)NC5=O)cncc34)CC2)CC1. The first-order valence-corrected chi connectivity index (χ1v) is 19.1. The van der Waals surface area contributed by atoms with Crippen LogP contribution in [0.15, 0.2) is 67.4 Å². The summed E-state index contributed by atoms with van der Waals surface area (Å²) < 4.78 is 1.87. The van der Waals surface area contributed by atoms with Gasteiger partial charge in [-0.25, -0.2) is 14.8 Å². The molecule has 14 heteroatoms. The average molecular weight is 740 g/mol. The molecule has 8 rings (SSSR count). The molecule has 282 valence electrons. The molecule has 55 heavy (non-hydrogen) atoms. The number of carbonyl (C=O) groups excluding carboxylic acids is 3. The second-order valence-corrected chi connectivity index (χ2v) is 15.1. The van der Waals surface area contributed by atoms with Gasteiger partial charge < -0.3 is 15.5 Å². The van der Waals surface area contributed by atoms with Crippen molar-refractivity contribution in [3.05, 3.63) is 78.5 Å². The molecule has 3 fully saturated rings. The molecule has 5 aromatic rings. The number of piperazine rings is 1. The third-order valence-electron chi connectivity index (χ3n) is 11.0. The third-order valence-corrected chi connectivity index (χ3v) is 11.0. The zero-order chi connectivity index (χ0) is 38.1. The van der Waals surface area contributed by atoms with Crippen molar-refractivity contribution in [1.29, 1.82) is 5.26 Å². The maximum atomic E-state index is 13.7. The van der Waals surface area contributed by atoms with Gasteiger partial charge in [0, 0.05) is 110 Å². The van der Waals surface area contributed by atoms with E-state index in [9.17, 15) is 19.6 Å². The average Bonchev–Trinajstić information content (AvgIpc) is 3.62. The maximum absolute atomic E-state index is 13.7. The van der Waals surface area contributed by atoms with E-state index in [1.165, 1.54) is 0 Å². The first kappa shape index (κ1) is 35.9. The van der Waals surface area contributed by atoms with Crippen LogP contribution in [-0.4, -0.2) is 93.6 Å². The second kappa shape index (κ2) is 15.3. The van der Waals surface area contributed by atoms with Crippen molar-refractivity contribution >= 4 is 56.7 Å². The summed E-state index contributed by atoms with van der Waals surface area (Å²) in [5, 5.41) is 21.2. The molecule has 3 aliphatic rings. The zero-order valence-electron chi connectivity index (χ0n) is 31.2. The highest BCUT2D eigenvalue weighted by molar-refractivity contribution is 6.11. The summed E-state index contributed by atoms with van der Waals surface area (Å²) in [4.78, 5) is 58.2. The number of nitriles is 1. The van der Waals surface area contributed by atoms with Crippen molar-refractivity contribution in [2.45, 2.75) is 58.0 Å². The Hall–Kier alpha value is -6.07. The number of amides is 4. The Morgan fingerprint density at radius 2 is 1.76 bits per heavy atom. The van der Waals surface area contributed by atoms with Crippen LogP contribution in [0.5, 0.6) is 0 Å². The summed E-state index contributed by atoms with van der Waals surface area (Å²) in [5.41, 5.74) is 4.25. The third kappa shape index (κ3) is 7.52. The highest BCUT2D eigenvalue weighted by Gasteiger charge is 2.29. The molecule has 0 radical (unpaired) electrons. The number of aromatic nitrogens is 4. The first-order valence-electron chi connectivity index (χ1n) is 19.1. The molecule has 2 aliphatic heterocycles. The number of imide groups is 1. The Kier molecular flexibility index (Phi) is 10.0. The topological polar surface area (TPSA) is 164 Å². The molecule has 4 amide bonds. The molecule has 3 N–H and O–H groups in total. The molecule has 14 nitrogen and oxygen atoms in total. The molecule has 4 aromatic heterocycles. The van der Waals surface area contributed by atoms with Crippen molar-refractivity contribution in [3.63, 3.8) is 0 Å². The Morgan fingerprint density at radius 1 is 0.945 bits per heavy atom. The minimum atomic E-state index is -0.407. The molecule has 1 saturated carbocycles. The van der Waals surface area contributed by atoms with Crippen molar-refractivity contribution in [2.75, 3.05) is 54.4 Å². The molecule has 6 heterocycles. The Labute approximate surface area is 319 Å². The summed E-state index contributed by atoms with van der Waals surface area (Å²) >= 11 is 0. The number of pyridine rings is 3. The van der Waals surface area contributed by atoms with E-state index in [4.69, 9.17) is 0 Å². The number of hydrogen-bond acceptors (Lipinski definition) is 10. The maximum Gasteiger partial charge on any atom is 0.328 e. The summed E-state index contributed by atoms with van der Waals surface area (Å²) in [6.07, 6.45) is 12.9. The number of anilines is 3. The summed E-state index contributed by atoms with van der Waals surface area (Å²) in [6, 6.07) is 13.7. The smallest absolute Gasteiger partial charge is 0.328 e. The fourth-order valence-corrected chi connectivity index (χ4v) is 8.20. The van der Waals surface area contributed by atoms with Gasteiger partial charge in [0.1, 0.15) is 17.5 Å². The van der Waals surface area contributed by atoms with Gasteiger partial charge in [0.15, 0.2) is 0 Å². The van der Waals surface area contributed by atoms with Gasteiger partial charge in [0.2, 0.25) is 5.91 Å². The van der Waals surface area contributed by atoms with Crippen molar-refractivity contribution in [1.82, 2.24) is 35.1 Å². The van der Waals surface area contributed by atoms with Crippen LogP contribution in [0.2, 0.25) is 0 Å². The van der Waals surface area contributed by atoms with Gasteiger partial charge in [-0.05, 0) is 63.6 Å². The number of hydrogen-bond donors (Lipinski definition) is 3. The number of fused-ring (bicyclic) bond motifs is 2. The lowest BCUT2D eigenvalue weighted by molar-refractivity contribution is -0.120. The fourth-order valence-electron chi connectivity index (χ4n) is 8.20. The van der Waals surface area contributed by atoms with Crippen LogP contribution in [0, 0.1) is 17.2 Å². The number of carbonyl (C=O) groups is 3. The molecule has 0 spiro atoms. The van der Waals surface area contributed by atoms with Crippen molar-refractivity contribution < 1.29 is 14.4 Å². The fraction of sp³-hybridized carbons (Fsp3) is 0.390. The van der Waals surface area contributed by atoms with E-state index < -0.39 is 6.03 Å². The number of urea groups is 1. The van der Waals surface area contributed by atoms with Gasteiger partial charge in [0.25, 0.3) is 5.91 Å². The number of rotatable bonds is 9. The van der Waals surface area contributed by atoms with E-state index in [0.29, 0.717) is 46.4 Å². The number of benzene rings is 1. The largest absolute Gasteiger partial charge is 0.382 e. The van der Waals surface area contributed by atoms with E-state index in [2.05, 4.69) is 52.8 Å². The van der Waals surface area contributed by atoms with E-state index >= 15 is 0 Å². The highest BCUT2D eigenvalue weighted by Crippen LogP contribution is 2.34. The lowest BCUT2D eigenvalue weighted by Crippen LogP contribution is -2.49. The molecule has 0 unspecified atom stereocenters. The monoisotopic (exact) mass is 739 g/mol. The zero-order valence-corrected chi connectivity index (χ0v) is 31.2. The van der Waals surface area contributed by atoms with Crippen LogP contribution in [0.1, 0.15) is 61.9 Å². The molecular weight excluding hydrogens is 695 g/mol. The molecule has 0 bridgehead atoms. The predicted molar refractivity (Wildman–Crippen MR) is 211 cm³/mol. The van der Waals surface area contributed by atoms with Crippen molar-refractivity contribution in [2.24, 2.45) is 5.92 Å². The predicted octanol–water partition coefficient (Wildman–Crippen LogP) is 5.22. The van der Waals surface area contributed by atoms with Crippen LogP contribution >= 0.6 is 0 Å². The van der Waals surface area contributed by atoms with Gasteiger partial charge >= 0.3 is 6.03 Å². The van der Waals surface area contributed by atoms with Crippen LogP contribution in [0.3, 0.4) is 0 Å². The Balaban J connectivity index is 0.855. The number of nitrogens with zero attached hydrogens (tertiary/aromatic N) is 8. The van der Waals surface area contributed by atoms with Gasteiger partial charge in [-0.1, -0.05) is 12.1 Å². The molecule has 2 saturated heterocycles. The van der Waals surface area contributed by atoms with E-state index in [0.717, 1.165) is 80.3 Å². The second-order valence-electron chi connectivity index (χ2n) is 15.1. The summed E-state index contributed by atoms with van der Waals surface area (Å²) in [7, 11) is 0. The van der Waals surface area contributed by atoms with Crippen LogP contribution in [0.4, 0.5) is 21.9 Å². The van der Waals surface area contributed by atoms with Crippen LogP contribution in [0.25, 0.3) is 27.6 Å². The van der Waals surface area contributed by atoms with Crippen LogP contribution < -0.4 is 25.8 Å². The molecule has 1 aliphatic carbocycles. The first-order chi connectivity index (χ1) is 26.7. The summed E-state index contributed by atoms with van der Waals surface area (Å²) in [6.45, 7) is 9.18. The number of nitrogens with one attached hydrogen (secondary N) is 3. The Bertz CT molecular complexity index is 2300. The van der Waals surface area contributed by atoms with E-state index in [1.54, 1.807) is 29.6 Å². The van der Waals surface area contributed by atoms with Gasteiger partial charge in [0.05, 0.1) is 28.7 Å². The van der Waals surface area contributed by atoms with Crippen LogP contribution in [-0.2, 0) is 4.79 Å². The normalized spacial score (nSPS) is 19.5. The van der Waals surface area contributed by atoms with E-state index in [1.807, 2.05) is 55.1 Å². The van der Waals surface area contributed by atoms with E-state index in [-0.39, 0.29) is 30.3 Å². The lowest BCUT2D eigenvalue weighted by Gasteiger charge is -2.39. The van der Waals surface area contributed by atoms with Crippen molar-refractivity contribution in [3.8, 4) is 11.9 Å². The molecular formula is C41H45N11O3. The lowest BCUT2D eigenvalue weighted by atomic mass is 9.85. The highest BCUT2D eigenvalue weighted by atomic mass is 16.2. The Morgan fingerprint density at radius 3 is 2.53 bits per heavy atom. The summed E-state index contributed by atoms with van der Waals surface area (Å²) in [5.74, 6) is 0.844. The minimum absolute atomic E-state index is 0.108. The minimum Gasteiger partial charge on any atom is -0.382 e. The molecule has 1 aromatic carbocycles. The van der Waals surface area contributed by atoms with Gasteiger partial charge in [-0.2, -0.15) is 5.26 Å². The van der Waals surface area contributed by atoms with Gasteiger partial charge in [-0.3, -0.25) is 34.3 Å². The van der Waals surface area contributed by atoms with Gasteiger partial charge in [-0.15, -0.1) is 0 Å². The standard InChI is InChI=1S/C41H45N11O3/c1-26(2)46-34-19-37(52-12-10-29-18-28(20-42)21-45-39(29)52)44-23-33(34)40(54)47-30-8-6-27(7-9-30)25-49-14-16-50(17-15-49)35-5-3-4-31-32(35)22-43-24-36(31)51-13-11-38(53)48-41(51)55/h3-5,10,12,18-19,21-24,26-27,30H,6-9,11,13-17,25H2,1-2H3,(H,44,46)(H,47,54)(H,48,53,55). The molecule has 0 atom stereocenters.